The molecule has 1 rings (SSSR count). The van der Waals surface area contributed by atoms with Crippen LogP contribution in [0.3, 0.4) is 0 Å². The third-order valence-corrected chi connectivity index (χ3v) is 2.79. The molecular formula is C15H25NO. The van der Waals surface area contributed by atoms with Crippen LogP contribution in [0.5, 0.6) is 5.75 Å². The summed E-state index contributed by atoms with van der Waals surface area (Å²) in [6.45, 7) is 9.10. The molecule has 0 aliphatic carbocycles. The first kappa shape index (κ1) is 14.0. The SMILES string of the molecule is CCCCCNCc1cc(C)ccc1OCC. The van der Waals surface area contributed by atoms with Gasteiger partial charge in [-0.15, -0.1) is 0 Å². The first-order chi connectivity index (χ1) is 8.27. The summed E-state index contributed by atoms with van der Waals surface area (Å²) in [5, 5.41) is 3.48. The first-order valence-corrected chi connectivity index (χ1v) is 6.71. The summed E-state index contributed by atoms with van der Waals surface area (Å²) in [5.74, 6) is 1.01. The molecule has 1 aromatic carbocycles. The van der Waals surface area contributed by atoms with Crippen molar-refractivity contribution >= 4 is 0 Å². The Morgan fingerprint density at radius 1 is 1.18 bits per heavy atom. The predicted molar refractivity (Wildman–Crippen MR) is 73.6 cm³/mol. The molecule has 0 fully saturated rings. The number of aryl methyl sites for hydroxylation is 1. The Hall–Kier alpha value is -1.02. The van der Waals surface area contributed by atoms with E-state index in [1.807, 2.05) is 6.92 Å². The fourth-order valence-electron chi connectivity index (χ4n) is 1.87. The van der Waals surface area contributed by atoms with Gasteiger partial charge >= 0.3 is 0 Å². The molecule has 1 aromatic rings. The van der Waals surface area contributed by atoms with Crippen molar-refractivity contribution in [3.05, 3.63) is 29.3 Å². The maximum Gasteiger partial charge on any atom is 0.123 e. The molecule has 0 unspecified atom stereocenters. The van der Waals surface area contributed by atoms with Crippen LogP contribution in [-0.4, -0.2) is 13.2 Å². The van der Waals surface area contributed by atoms with Gasteiger partial charge in [0.15, 0.2) is 0 Å². The number of ether oxygens (including phenoxy) is 1. The Bertz CT molecular complexity index is 323. The van der Waals surface area contributed by atoms with Crippen LogP contribution >= 0.6 is 0 Å². The van der Waals surface area contributed by atoms with Gasteiger partial charge < -0.3 is 10.1 Å². The maximum atomic E-state index is 5.63. The zero-order chi connectivity index (χ0) is 12.5. The average Bonchev–Trinajstić information content (AvgIpc) is 2.32. The number of unbranched alkanes of at least 4 members (excludes halogenated alkanes) is 2. The van der Waals surface area contributed by atoms with Crippen LogP contribution in [0.1, 0.15) is 44.2 Å². The molecular weight excluding hydrogens is 210 g/mol. The molecule has 0 heterocycles. The maximum absolute atomic E-state index is 5.63. The molecule has 0 aliphatic rings. The third-order valence-electron chi connectivity index (χ3n) is 2.79. The quantitative estimate of drug-likeness (QED) is 0.694. The van der Waals surface area contributed by atoms with Gasteiger partial charge in [-0.25, -0.2) is 0 Å². The fourth-order valence-corrected chi connectivity index (χ4v) is 1.87. The first-order valence-electron chi connectivity index (χ1n) is 6.71. The van der Waals surface area contributed by atoms with E-state index in [2.05, 4.69) is 37.4 Å². The van der Waals surface area contributed by atoms with E-state index in [1.54, 1.807) is 0 Å². The fraction of sp³-hybridized carbons (Fsp3) is 0.600. The lowest BCUT2D eigenvalue weighted by Gasteiger charge is -2.12. The third kappa shape index (κ3) is 5.22. The topological polar surface area (TPSA) is 21.3 Å². The van der Waals surface area contributed by atoms with E-state index < -0.39 is 0 Å². The normalized spacial score (nSPS) is 10.5. The van der Waals surface area contributed by atoms with Gasteiger partial charge in [0.1, 0.15) is 5.75 Å². The molecule has 0 radical (unpaired) electrons. The average molecular weight is 235 g/mol. The van der Waals surface area contributed by atoms with Crippen LogP contribution in [0.4, 0.5) is 0 Å². The van der Waals surface area contributed by atoms with E-state index in [-0.39, 0.29) is 0 Å². The summed E-state index contributed by atoms with van der Waals surface area (Å²) in [5.41, 5.74) is 2.56. The highest BCUT2D eigenvalue weighted by Crippen LogP contribution is 2.19. The second kappa shape index (κ2) is 8.13. The zero-order valence-corrected chi connectivity index (χ0v) is 11.4. The van der Waals surface area contributed by atoms with Gasteiger partial charge in [0.2, 0.25) is 0 Å². The Balaban J connectivity index is 2.47. The van der Waals surface area contributed by atoms with Crippen LogP contribution in [0, 0.1) is 6.92 Å². The van der Waals surface area contributed by atoms with E-state index in [0.29, 0.717) is 0 Å². The Labute approximate surface area is 105 Å². The van der Waals surface area contributed by atoms with Crippen LogP contribution < -0.4 is 10.1 Å². The van der Waals surface area contributed by atoms with Gasteiger partial charge in [0.25, 0.3) is 0 Å². The molecule has 0 saturated heterocycles. The molecule has 0 aliphatic heterocycles. The largest absolute Gasteiger partial charge is 0.494 e. The highest BCUT2D eigenvalue weighted by atomic mass is 16.5. The van der Waals surface area contributed by atoms with Crippen molar-refractivity contribution in [1.29, 1.82) is 0 Å². The van der Waals surface area contributed by atoms with Crippen molar-refractivity contribution in [3.63, 3.8) is 0 Å². The minimum absolute atomic E-state index is 0.728. The number of hydrogen-bond donors (Lipinski definition) is 1. The van der Waals surface area contributed by atoms with E-state index in [4.69, 9.17) is 4.74 Å². The van der Waals surface area contributed by atoms with Crippen molar-refractivity contribution in [2.75, 3.05) is 13.2 Å². The van der Waals surface area contributed by atoms with Crippen molar-refractivity contribution in [1.82, 2.24) is 5.32 Å². The minimum atomic E-state index is 0.728. The van der Waals surface area contributed by atoms with Crippen LogP contribution in [0.2, 0.25) is 0 Å². The lowest BCUT2D eigenvalue weighted by Crippen LogP contribution is -2.15. The van der Waals surface area contributed by atoms with Crippen LogP contribution in [0.25, 0.3) is 0 Å². The van der Waals surface area contributed by atoms with E-state index in [0.717, 1.165) is 25.4 Å². The molecule has 0 atom stereocenters. The van der Waals surface area contributed by atoms with Crippen molar-refractivity contribution in [2.24, 2.45) is 0 Å². The number of benzene rings is 1. The lowest BCUT2D eigenvalue weighted by molar-refractivity contribution is 0.335. The highest BCUT2D eigenvalue weighted by Gasteiger charge is 2.03. The summed E-state index contributed by atoms with van der Waals surface area (Å²) >= 11 is 0. The minimum Gasteiger partial charge on any atom is -0.494 e. The molecule has 2 nitrogen and oxygen atoms in total. The van der Waals surface area contributed by atoms with Crippen molar-refractivity contribution < 1.29 is 4.74 Å². The second-order valence-electron chi connectivity index (χ2n) is 4.43. The summed E-state index contributed by atoms with van der Waals surface area (Å²) in [7, 11) is 0. The molecule has 0 spiro atoms. The Morgan fingerprint density at radius 2 is 2.00 bits per heavy atom. The number of nitrogens with one attached hydrogen (secondary N) is 1. The highest BCUT2D eigenvalue weighted by molar-refractivity contribution is 5.36. The summed E-state index contributed by atoms with van der Waals surface area (Å²) in [6.07, 6.45) is 3.84. The molecule has 0 bridgehead atoms. The van der Waals surface area contributed by atoms with Crippen molar-refractivity contribution in [2.45, 2.75) is 46.6 Å². The number of rotatable bonds is 8. The molecule has 0 aromatic heterocycles. The lowest BCUT2D eigenvalue weighted by atomic mass is 10.1. The smallest absolute Gasteiger partial charge is 0.123 e. The molecule has 0 saturated carbocycles. The Kier molecular flexibility index (Phi) is 6.71. The van der Waals surface area contributed by atoms with Gasteiger partial charge in [-0.2, -0.15) is 0 Å². The number of hydrogen-bond acceptors (Lipinski definition) is 2. The van der Waals surface area contributed by atoms with E-state index >= 15 is 0 Å². The van der Waals surface area contributed by atoms with Gasteiger partial charge in [-0.1, -0.05) is 37.5 Å². The monoisotopic (exact) mass is 235 g/mol. The van der Waals surface area contributed by atoms with Crippen LogP contribution in [-0.2, 0) is 6.54 Å². The van der Waals surface area contributed by atoms with Crippen LogP contribution in [0.15, 0.2) is 18.2 Å². The van der Waals surface area contributed by atoms with Gasteiger partial charge in [0.05, 0.1) is 6.61 Å². The molecule has 2 heteroatoms. The van der Waals surface area contributed by atoms with E-state index in [9.17, 15) is 0 Å². The summed E-state index contributed by atoms with van der Waals surface area (Å²) in [4.78, 5) is 0. The molecule has 96 valence electrons. The predicted octanol–water partition coefficient (Wildman–Crippen LogP) is 3.67. The van der Waals surface area contributed by atoms with Crippen molar-refractivity contribution in [3.8, 4) is 5.75 Å². The zero-order valence-electron chi connectivity index (χ0n) is 11.4. The summed E-state index contributed by atoms with van der Waals surface area (Å²) < 4.78 is 5.63. The van der Waals surface area contributed by atoms with E-state index in [1.165, 1.54) is 30.4 Å². The van der Waals surface area contributed by atoms with Gasteiger partial charge in [-0.05, 0) is 32.9 Å². The standard InChI is InChI=1S/C15H25NO/c1-4-6-7-10-16-12-14-11-13(3)8-9-15(14)17-5-2/h8-9,11,16H,4-7,10,12H2,1-3H3. The molecule has 0 amide bonds. The molecule has 17 heavy (non-hydrogen) atoms. The molecule has 1 N–H and O–H groups in total. The summed E-state index contributed by atoms with van der Waals surface area (Å²) in [6, 6.07) is 6.38. The Morgan fingerprint density at radius 3 is 2.71 bits per heavy atom. The second-order valence-corrected chi connectivity index (χ2v) is 4.43. The van der Waals surface area contributed by atoms with Gasteiger partial charge in [0, 0.05) is 12.1 Å². The van der Waals surface area contributed by atoms with Gasteiger partial charge in [-0.3, -0.25) is 0 Å².